The quantitative estimate of drug-likeness (QED) is 0.611. The maximum absolute atomic E-state index is 14.0. The molecule has 0 amide bonds. The van der Waals surface area contributed by atoms with Gasteiger partial charge in [-0.05, 0) is 43.7 Å². The zero-order chi connectivity index (χ0) is 15.5. The summed E-state index contributed by atoms with van der Waals surface area (Å²) >= 11 is 1.78. The molecule has 1 aromatic carbocycles. The Balaban J connectivity index is 1.58. The molecule has 0 aliphatic heterocycles. The second kappa shape index (κ2) is 7.30. The summed E-state index contributed by atoms with van der Waals surface area (Å²) in [6, 6.07) is 6.98. The van der Waals surface area contributed by atoms with E-state index in [0.29, 0.717) is 18.5 Å². The molecule has 3 nitrogen and oxygen atoms in total. The highest BCUT2D eigenvalue weighted by Gasteiger charge is 2.41. The second-order valence-corrected chi connectivity index (χ2v) is 7.63. The predicted octanol–water partition coefficient (Wildman–Crippen LogP) is 2.78. The van der Waals surface area contributed by atoms with E-state index in [1.807, 2.05) is 19.2 Å². The maximum atomic E-state index is 14.0. The molecule has 3 N–H and O–H groups in total. The van der Waals surface area contributed by atoms with Crippen LogP contribution in [0.25, 0.3) is 0 Å². The number of thioether (sulfide) groups is 1. The Kier molecular flexibility index (Phi) is 5.39. The summed E-state index contributed by atoms with van der Waals surface area (Å²) in [4.78, 5) is 0. The normalized spacial score (nSPS) is 25.2. The fourth-order valence-corrected chi connectivity index (χ4v) is 3.58. The summed E-state index contributed by atoms with van der Waals surface area (Å²) in [6.07, 6.45) is 3.84. The minimum Gasteiger partial charge on any atom is -0.311 e. The number of benzene rings is 1. The molecule has 2 aliphatic carbocycles. The van der Waals surface area contributed by atoms with Gasteiger partial charge in [0.05, 0.1) is 0 Å². The Hall–Kier alpha value is -0.620. The molecule has 5 heteroatoms. The molecule has 2 fully saturated rings. The van der Waals surface area contributed by atoms with Crippen molar-refractivity contribution in [2.45, 2.75) is 56.2 Å². The van der Waals surface area contributed by atoms with Crippen LogP contribution in [0.3, 0.4) is 0 Å². The van der Waals surface area contributed by atoms with E-state index in [2.05, 4.69) is 22.9 Å². The Morgan fingerprint density at radius 1 is 1.36 bits per heavy atom. The number of nitrogens with one attached hydrogen (secondary N) is 3. The average Bonchev–Trinajstić information content (AvgIpc) is 3.43. The van der Waals surface area contributed by atoms with Gasteiger partial charge in [0.1, 0.15) is 11.3 Å². The Morgan fingerprint density at radius 3 is 2.86 bits per heavy atom. The molecule has 0 radical (unpaired) electrons. The van der Waals surface area contributed by atoms with E-state index >= 15 is 0 Å². The molecule has 1 aromatic rings. The molecular weight excluding hydrogens is 297 g/mol. The van der Waals surface area contributed by atoms with Crippen molar-refractivity contribution in [1.82, 2.24) is 16.0 Å². The number of hydrogen-bond donors (Lipinski definition) is 3. The van der Waals surface area contributed by atoms with E-state index in [1.165, 1.54) is 24.8 Å². The molecule has 3 rings (SSSR count). The number of hydrogen-bond acceptors (Lipinski definition) is 4. The standard InChI is InChI=1S/C17H26FN3S/c1-3-22-17(19-2)20-10-12-8-11(4-7-15(12)18)14-9-16(14)21-13-5-6-13/h4,7-8,13-14,16-17,19-21H,3,5-6,9-10H2,1-2H3. The number of halogens is 1. The van der Waals surface area contributed by atoms with Gasteiger partial charge in [-0.1, -0.05) is 19.1 Å². The predicted molar refractivity (Wildman–Crippen MR) is 91.5 cm³/mol. The van der Waals surface area contributed by atoms with Gasteiger partial charge in [-0.3, -0.25) is 10.6 Å². The van der Waals surface area contributed by atoms with E-state index in [9.17, 15) is 4.39 Å². The smallest absolute Gasteiger partial charge is 0.127 e. The van der Waals surface area contributed by atoms with Crippen molar-refractivity contribution in [2.24, 2.45) is 0 Å². The summed E-state index contributed by atoms with van der Waals surface area (Å²) < 4.78 is 14.0. The van der Waals surface area contributed by atoms with Crippen molar-refractivity contribution in [1.29, 1.82) is 0 Å². The van der Waals surface area contributed by atoms with Crippen molar-refractivity contribution in [2.75, 3.05) is 12.8 Å². The van der Waals surface area contributed by atoms with Crippen molar-refractivity contribution in [3.05, 3.63) is 35.1 Å². The van der Waals surface area contributed by atoms with Crippen LogP contribution < -0.4 is 16.0 Å². The Labute approximate surface area is 136 Å². The van der Waals surface area contributed by atoms with Crippen LogP contribution in [0.1, 0.15) is 43.2 Å². The molecule has 0 aromatic heterocycles. The van der Waals surface area contributed by atoms with E-state index in [4.69, 9.17) is 0 Å². The van der Waals surface area contributed by atoms with Gasteiger partial charge < -0.3 is 5.32 Å². The molecule has 22 heavy (non-hydrogen) atoms. The molecule has 0 heterocycles. The van der Waals surface area contributed by atoms with Crippen LogP contribution in [0, 0.1) is 5.82 Å². The van der Waals surface area contributed by atoms with Gasteiger partial charge in [-0.25, -0.2) is 4.39 Å². The Morgan fingerprint density at radius 2 is 2.18 bits per heavy atom. The molecule has 2 saturated carbocycles. The van der Waals surface area contributed by atoms with Gasteiger partial charge in [0.25, 0.3) is 0 Å². The minimum absolute atomic E-state index is 0.111. The summed E-state index contributed by atoms with van der Waals surface area (Å²) in [6.45, 7) is 2.68. The molecule has 122 valence electrons. The third kappa shape index (κ3) is 4.22. The zero-order valence-corrected chi connectivity index (χ0v) is 14.2. The monoisotopic (exact) mass is 323 g/mol. The van der Waals surface area contributed by atoms with Gasteiger partial charge >= 0.3 is 0 Å². The molecule has 3 atom stereocenters. The Bertz CT molecular complexity index is 507. The van der Waals surface area contributed by atoms with Crippen molar-refractivity contribution in [3.63, 3.8) is 0 Å². The third-order valence-electron chi connectivity index (χ3n) is 4.39. The van der Waals surface area contributed by atoms with Crippen molar-refractivity contribution < 1.29 is 4.39 Å². The van der Waals surface area contributed by atoms with Crippen LogP contribution in [0.15, 0.2) is 18.2 Å². The largest absolute Gasteiger partial charge is 0.311 e. The van der Waals surface area contributed by atoms with Crippen molar-refractivity contribution in [3.8, 4) is 0 Å². The van der Waals surface area contributed by atoms with E-state index in [-0.39, 0.29) is 11.3 Å². The molecule has 0 bridgehead atoms. The second-order valence-electron chi connectivity index (χ2n) is 6.25. The lowest BCUT2D eigenvalue weighted by molar-refractivity contribution is 0.554. The molecule has 2 aliphatic rings. The molecule has 0 saturated heterocycles. The lowest BCUT2D eigenvalue weighted by Gasteiger charge is -2.17. The molecule has 0 spiro atoms. The highest BCUT2D eigenvalue weighted by Crippen LogP contribution is 2.43. The van der Waals surface area contributed by atoms with Crippen LogP contribution >= 0.6 is 11.8 Å². The maximum Gasteiger partial charge on any atom is 0.127 e. The first-order valence-electron chi connectivity index (χ1n) is 8.28. The average molecular weight is 323 g/mol. The first-order chi connectivity index (χ1) is 10.7. The highest BCUT2D eigenvalue weighted by atomic mass is 32.2. The van der Waals surface area contributed by atoms with Crippen LogP contribution in [-0.4, -0.2) is 30.4 Å². The van der Waals surface area contributed by atoms with E-state index in [0.717, 1.165) is 17.4 Å². The van der Waals surface area contributed by atoms with Crippen LogP contribution in [-0.2, 0) is 6.54 Å². The molecular formula is C17H26FN3S. The SMILES string of the molecule is CCSC(NC)NCc1cc(C2CC2NC2CC2)ccc1F. The third-order valence-corrected chi connectivity index (χ3v) is 5.46. The van der Waals surface area contributed by atoms with E-state index in [1.54, 1.807) is 17.8 Å². The summed E-state index contributed by atoms with van der Waals surface area (Å²) in [5.74, 6) is 1.49. The van der Waals surface area contributed by atoms with Crippen LogP contribution in [0.2, 0.25) is 0 Å². The first kappa shape index (κ1) is 16.2. The van der Waals surface area contributed by atoms with Gasteiger partial charge in [0.15, 0.2) is 0 Å². The summed E-state index contributed by atoms with van der Waals surface area (Å²) in [5.41, 5.74) is 2.21. The van der Waals surface area contributed by atoms with Gasteiger partial charge in [-0.2, -0.15) is 0 Å². The fourth-order valence-electron chi connectivity index (χ4n) is 2.87. The van der Waals surface area contributed by atoms with E-state index < -0.39 is 0 Å². The zero-order valence-electron chi connectivity index (χ0n) is 13.4. The van der Waals surface area contributed by atoms with Gasteiger partial charge in [0.2, 0.25) is 0 Å². The molecule has 3 unspecified atom stereocenters. The fraction of sp³-hybridized carbons (Fsp3) is 0.647. The lowest BCUT2D eigenvalue weighted by atomic mass is 10.1. The summed E-state index contributed by atoms with van der Waals surface area (Å²) in [7, 11) is 1.92. The van der Waals surface area contributed by atoms with Crippen molar-refractivity contribution >= 4 is 11.8 Å². The van der Waals surface area contributed by atoms with Crippen LogP contribution in [0.4, 0.5) is 4.39 Å². The topological polar surface area (TPSA) is 36.1 Å². The van der Waals surface area contributed by atoms with Gasteiger partial charge in [-0.15, -0.1) is 11.8 Å². The first-order valence-corrected chi connectivity index (χ1v) is 9.32. The number of rotatable bonds is 9. The van der Waals surface area contributed by atoms with Gasteiger partial charge in [0, 0.05) is 30.1 Å². The minimum atomic E-state index is -0.111. The summed E-state index contributed by atoms with van der Waals surface area (Å²) in [5, 5.41) is 10.2. The highest BCUT2D eigenvalue weighted by molar-refractivity contribution is 7.99. The van der Waals surface area contributed by atoms with Crippen LogP contribution in [0.5, 0.6) is 0 Å². The lowest BCUT2D eigenvalue weighted by Crippen LogP contribution is -2.37.